The summed E-state index contributed by atoms with van der Waals surface area (Å²) >= 11 is 6.13. The minimum Gasteiger partial charge on any atom is -0.497 e. The largest absolute Gasteiger partial charge is 0.497 e. The van der Waals surface area contributed by atoms with E-state index in [1.807, 2.05) is 0 Å². The van der Waals surface area contributed by atoms with Gasteiger partial charge in [-0.1, -0.05) is 17.7 Å². The van der Waals surface area contributed by atoms with Crippen molar-refractivity contribution in [2.45, 2.75) is 30.7 Å². The number of halogens is 2. The predicted molar refractivity (Wildman–Crippen MR) is 115 cm³/mol. The normalized spacial score (nSPS) is 22.3. The second-order valence-corrected chi connectivity index (χ2v) is 10.4. The minimum atomic E-state index is -3.74. The van der Waals surface area contributed by atoms with E-state index in [-0.39, 0.29) is 34.5 Å². The number of piperidine rings is 1. The van der Waals surface area contributed by atoms with E-state index in [9.17, 15) is 17.6 Å². The summed E-state index contributed by atoms with van der Waals surface area (Å²) in [5.74, 6) is -0.0162. The molecular weight excluding hydrogens is 443 g/mol. The average molecular weight is 467 g/mol. The maximum absolute atomic E-state index is 14.2. The highest BCUT2D eigenvalue weighted by Crippen LogP contribution is 2.42. The van der Waals surface area contributed by atoms with E-state index in [2.05, 4.69) is 0 Å². The molecule has 166 valence electrons. The number of amides is 1. The summed E-state index contributed by atoms with van der Waals surface area (Å²) in [6, 6.07) is 10.7. The standard InChI is InChI=1S/C22H24ClFN2O4S/c1-30-16-6-8-17(9-7-16)31(28,29)26-12-3-10-22(15-26)11-13-25(21(22)27)14-18-19(23)4-2-5-20(18)24/h2,4-9H,3,10-15H2,1H3. The van der Waals surface area contributed by atoms with Gasteiger partial charge in [0, 0.05) is 30.2 Å². The Morgan fingerprint density at radius 1 is 1.13 bits per heavy atom. The van der Waals surface area contributed by atoms with Gasteiger partial charge in [-0.05, 0) is 55.7 Å². The Morgan fingerprint density at radius 3 is 2.55 bits per heavy atom. The van der Waals surface area contributed by atoms with Crippen LogP contribution in [-0.4, -0.2) is 50.3 Å². The second-order valence-electron chi connectivity index (χ2n) is 8.07. The molecule has 1 amide bonds. The molecule has 2 aromatic carbocycles. The number of benzene rings is 2. The summed E-state index contributed by atoms with van der Waals surface area (Å²) in [6.45, 7) is 1.02. The molecule has 0 radical (unpaired) electrons. The van der Waals surface area contributed by atoms with E-state index in [1.165, 1.54) is 35.7 Å². The van der Waals surface area contributed by atoms with Gasteiger partial charge in [0.25, 0.3) is 0 Å². The smallest absolute Gasteiger partial charge is 0.243 e. The fraction of sp³-hybridized carbons (Fsp3) is 0.409. The molecule has 0 bridgehead atoms. The van der Waals surface area contributed by atoms with E-state index < -0.39 is 21.3 Å². The molecule has 31 heavy (non-hydrogen) atoms. The van der Waals surface area contributed by atoms with Crippen molar-refractivity contribution >= 4 is 27.5 Å². The lowest BCUT2D eigenvalue weighted by molar-refractivity contribution is -0.138. The van der Waals surface area contributed by atoms with Gasteiger partial charge >= 0.3 is 0 Å². The van der Waals surface area contributed by atoms with Crippen LogP contribution in [0.5, 0.6) is 5.75 Å². The van der Waals surface area contributed by atoms with Gasteiger partial charge < -0.3 is 9.64 Å². The molecule has 2 fully saturated rings. The molecule has 0 aliphatic carbocycles. The number of carbonyl (C=O) groups is 1. The van der Waals surface area contributed by atoms with Crippen LogP contribution in [0.25, 0.3) is 0 Å². The summed E-state index contributed by atoms with van der Waals surface area (Å²) < 4.78 is 47.1. The van der Waals surface area contributed by atoms with Crippen molar-refractivity contribution < 1.29 is 22.3 Å². The predicted octanol–water partition coefficient (Wildman–Crippen LogP) is 3.69. The summed E-state index contributed by atoms with van der Waals surface area (Å²) in [5.41, 5.74) is -0.497. The first-order valence-corrected chi connectivity index (χ1v) is 12.0. The number of ether oxygens (including phenoxy) is 1. The zero-order valence-electron chi connectivity index (χ0n) is 17.2. The van der Waals surface area contributed by atoms with Gasteiger partial charge in [0.05, 0.1) is 24.0 Å². The third kappa shape index (κ3) is 4.04. The van der Waals surface area contributed by atoms with E-state index in [0.29, 0.717) is 38.1 Å². The Balaban J connectivity index is 1.54. The third-order valence-corrected chi connectivity index (χ3v) is 8.46. The molecule has 4 rings (SSSR count). The highest BCUT2D eigenvalue weighted by Gasteiger charge is 2.50. The highest BCUT2D eigenvalue weighted by molar-refractivity contribution is 7.89. The summed E-state index contributed by atoms with van der Waals surface area (Å²) in [5, 5.41) is 0.279. The number of methoxy groups -OCH3 is 1. The molecule has 0 aromatic heterocycles. The number of likely N-dealkylation sites (tertiary alicyclic amines) is 1. The Bertz CT molecular complexity index is 1070. The molecule has 2 aliphatic heterocycles. The van der Waals surface area contributed by atoms with Gasteiger partial charge in [-0.25, -0.2) is 12.8 Å². The summed E-state index contributed by atoms with van der Waals surface area (Å²) in [4.78, 5) is 15.1. The van der Waals surface area contributed by atoms with Crippen LogP contribution < -0.4 is 4.74 Å². The van der Waals surface area contributed by atoms with Crippen molar-refractivity contribution in [3.05, 3.63) is 58.9 Å². The molecule has 9 heteroatoms. The minimum absolute atomic E-state index is 0.0807. The lowest BCUT2D eigenvalue weighted by atomic mass is 9.79. The van der Waals surface area contributed by atoms with Crippen molar-refractivity contribution in [3.8, 4) is 5.75 Å². The fourth-order valence-electron chi connectivity index (χ4n) is 4.49. The van der Waals surface area contributed by atoms with Crippen molar-refractivity contribution in [3.63, 3.8) is 0 Å². The summed E-state index contributed by atoms with van der Waals surface area (Å²) in [6.07, 6.45) is 1.74. The van der Waals surface area contributed by atoms with Gasteiger partial charge in [-0.2, -0.15) is 4.31 Å². The second kappa shape index (κ2) is 8.41. The number of carbonyl (C=O) groups excluding carboxylic acids is 1. The zero-order valence-corrected chi connectivity index (χ0v) is 18.8. The Kier molecular flexibility index (Phi) is 5.98. The van der Waals surface area contributed by atoms with Gasteiger partial charge in [-0.3, -0.25) is 4.79 Å². The van der Waals surface area contributed by atoms with Gasteiger partial charge in [0.15, 0.2) is 0 Å². The zero-order chi connectivity index (χ0) is 22.2. The number of hydrogen-bond donors (Lipinski definition) is 0. The van der Waals surface area contributed by atoms with Gasteiger partial charge in [0.1, 0.15) is 11.6 Å². The van der Waals surface area contributed by atoms with Crippen molar-refractivity contribution in [2.24, 2.45) is 5.41 Å². The lowest BCUT2D eigenvalue weighted by Gasteiger charge is -2.38. The molecule has 2 aliphatic rings. The van der Waals surface area contributed by atoms with E-state index >= 15 is 0 Å². The Morgan fingerprint density at radius 2 is 1.87 bits per heavy atom. The molecule has 0 saturated carbocycles. The first-order valence-electron chi connectivity index (χ1n) is 10.1. The number of hydrogen-bond acceptors (Lipinski definition) is 4. The molecule has 2 heterocycles. The van der Waals surface area contributed by atoms with Crippen molar-refractivity contribution in [1.82, 2.24) is 9.21 Å². The number of rotatable bonds is 5. The Hall–Kier alpha value is -2.16. The van der Waals surface area contributed by atoms with E-state index in [4.69, 9.17) is 16.3 Å². The monoisotopic (exact) mass is 466 g/mol. The maximum atomic E-state index is 14.2. The molecule has 1 unspecified atom stereocenters. The van der Waals surface area contributed by atoms with Crippen LogP contribution in [0, 0.1) is 11.2 Å². The van der Waals surface area contributed by atoms with Crippen molar-refractivity contribution in [1.29, 1.82) is 0 Å². The molecule has 1 spiro atoms. The SMILES string of the molecule is COc1ccc(S(=O)(=O)N2CCCC3(CCN(Cc4c(F)cccc4Cl)C3=O)C2)cc1. The molecular formula is C22H24ClFN2O4S. The Labute approximate surface area is 186 Å². The van der Waals surface area contributed by atoms with Gasteiger partial charge in [0.2, 0.25) is 15.9 Å². The molecule has 2 aromatic rings. The summed E-state index contributed by atoms with van der Waals surface area (Å²) in [7, 11) is -2.22. The number of sulfonamides is 1. The van der Waals surface area contributed by atoms with E-state index in [0.717, 1.165) is 0 Å². The van der Waals surface area contributed by atoms with Crippen LogP contribution in [0.1, 0.15) is 24.8 Å². The lowest BCUT2D eigenvalue weighted by Crippen LogP contribution is -2.49. The molecule has 2 saturated heterocycles. The third-order valence-electron chi connectivity index (χ3n) is 6.25. The number of nitrogens with zero attached hydrogens (tertiary/aromatic N) is 2. The first kappa shape index (κ1) is 22.0. The van der Waals surface area contributed by atoms with Crippen LogP contribution in [0.4, 0.5) is 4.39 Å². The van der Waals surface area contributed by atoms with Gasteiger partial charge in [-0.15, -0.1) is 0 Å². The molecule has 1 atom stereocenters. The topological polar surface area (TPSA) is 66.9 Å². The first-order chi connectivity index (χ1) is 14.8. The van der Waals surface area contributed by atoms with Crippen LogP contribution in [0.3, 0.4) is 0 Å². The van der Waals surface area contributed by atoms with Crippen molar-refractivity contribution in [2.75, 3.05) is 26.7 Å². The molecule has 0 N–H and O–H groups in total. The van der Waals surface area contributed by atoms with E-state index in [1.54, 1.807) is 23.1 Å². The van der Waals surface area contributed by atoms with Crippen LogP contribution in [-0.2, 0) is 21.4 Å². The van der Waals surface area contributed by atoms with Crippen LogP contribution >= 0.6 is 11.6 Å². The fourth-order valence-corrected chi connectivity index (χ4v) is 6.28. The van der Waals surface area contributed by atoms with Crippen LogP contribution in [0.2, 0.25) is 5.02 Å². The average Bonchev–Trinajstić information content (AvgIpc) is 3.05. The van der Waals surface area contributed by atoms with Crippen LogP contribution in [0.15, 0.2) is 47.4 Å². The highest BCUT2D eigenvalue weighted by atomic mass is 35.5. The quantitative estimate of drug-likeness (QED) is 0.674. The maximum Gasteiger partial charge on any atom is 0.243 e. The molecule has 6 nitrogen and oxygen atoms in total.